The number of rotatable bonds is 11. The predicted octanol–water partition coefficient (Wildman–Crippen LogP) is 0.737. The highest BCUT2D eigenvalue weighted by Gasteiger charge is 2.16. The van der Waals surface area contributed by atoms with Crippen LogP contribution in [0.15, 0.2) is 43.5 Å². The summed E-state index contributed by atoms with van der Waals surface area (Å²) >= 11 is 0. The number of fused-ring (bicyclic) bond motifs is 2. The van der Waals surface area contributed by atoms with E-state index in [0.29, 0.717) is 54.4 Å². The number of ketones is 1. The summed E-state index contributed by atoms with van der Waals surface area (Å²) in [5.74, 6) is -0.0124. The fourth-order valence-electron chi connectivity index (χ4n) is 4.85. The highest BCUT2D eigenvalue weighted by molar-refractivity contribution is 5.90. The number of allylic oxidation sites excluding steroid dienone is 2. The van der Waals surface area contributed by atoms with Crippen LogP contribution in [0.1, 0.15) is 45.4 Å². The number of unbranched alkanes of at least 4 members (excludes halogenated alkanes) is 2. The second-order valence-corrected chi connectivity index (χ2v) is 10.0. The molecule has 0 aromatic carbocycles. The van der Waals surface area contributed by atoms with Gasteiger partial charge < -0.3 is 9.13 Å². The lowest BCUT2D eigenvalue weighted by Gasteiger charge is -2.09. The van der Waals surface area contributed by atoms with E-state index in [4.69, 9.17) is 0 Å². The standard InChI is InChI=1S/C26H34N8O5/c1-17(10-6-8-12-33-23(36)19-21(27-15-29(19)2)31(4)25(33)38)14-18(35)11-7-9-13-34-24(37)20-22(28-16-30(20)3)32(5)26(34)39/h14-16H,6-13H2,1-5H3/b17-14-. The Hall–Kier alpha value is -4.29. The molecule has 0 fully saturated rings. The summed E-state index contributed by atoms with van der Waals surface area (Å²) in [7, 11) is 6.62. The Labute approximate surface area is 223 Å². The average molecular weight is 539 g/mol. The van der Waals surface area contributed by atoms with E-state index in [0.717, 1.165) is 12.0 Å². The molecular formula is C26H34N8O5. The molecule has 0 aliphatic carbocycles. The maximum Gasteiger partial charge on any atom is 0.332 e. The first-order valence-corrected chi connectivity index (χ1v) is 12.9. The Morgan fingerprint density at radius 1 is 0.718 bits per heavy atom. The Morgan fingerprint density at radius 3 is 1.62 bits per heavy atom. The van der Waals surface area contributed by atoms with Gasteiger partial charge in [-0.15, -0.1) is 0 Å². The molecule has 0 N–H and O–H groups in total. The number of carbonyl (C=O) groups is 1. The van der Waals surface area contributed by atoms with Crippen LogP contribution in [-0.2, 0) is 46.1 Å². The molecule has 0 bridgehead atoms. The fourth-order valence-corrected chi connectivity index (χ4v) is 4.85. The lowest BCUT2D eigenvalue weighted by atomic mass is 10.1. The number of aryl methyl sites for hydroxylation is 4. The molecule has 39 heavy (non-hydrogen) atoms. The van der Waals surface area contributed by atoms with Crippen molar-refractivity contribution < 1.29 is 4.79 Å². The smallest absolute Gasteiger partial charge is 0.328 e. The van der Waals surface area contributed by atoms with Gasteiger partial charge in [0.15, 0.2) is 28.1 Å². The summed E-state index contributed by atoms with van der Waals surface area (Å²) in [6.45, 7) is 2.40. The van der Waals surface area contributed by atoms with Gasteiger partial charge in [0.05, 0.1) is 12.7 Å². The maximum absolute atomic E-state index is 12.8. The van der Waals surface area contributed by atoms with Crippen LogP contribution in [0.3, 0.4) is 0 Å². The van der Waals surface area contributed by atoms with Gasteiger partial charge in [-0.1, -0.05) is 5.57 Å². The number of aromatic nitrogens is 8. The monoisotopic (exact) mass is 538 g/mol. The van der Waals surface area contributed by atoms with Crippen LogP contribution >= 0.6 is 0 Å². The molecule has 0 spiro atoms. The van der Waals surface area contributed by atoms with Crippen molar-refractivity contribution in [2.24, 2.45) is 28.2 Å². The highest BCUT2D eigenvalue weighted by Crippen LogP contribution is 2.10. The largest absolute Gasteiger partial charge is 0.332 e. The molecule has 0 amide bonds. The van der Waals surface area contributed by atoms with Gasteiger partial charge in [-0.2, -0.15) is 0 Å². The second-order valence-electron chi connectivity index (χ2n) is 10.0. The molecule has 0 saturated carbocycles. The van der Waals surface area contributed by atoms with Crippen molar-refractivity contribution in [3.8, 4) is 0 Å². The van der Waals surface area contributed by atoms with E-state index < -0.39 is 11.4 Å². The third-order valence-electron chi connectivity index (χ3n) is 7.07. The minimum Gasteiger partial charge on any atom is -0.328 e. The summed E-state index contributed by atoms with van der Waals surface area (Å²) in [5.41, 5.74) is 0.854. The Kier molecular flexibility index (Phi) is 7.98. The van der Waals surface area contributed by atoms with Crippen LogP contribution in [0, 0.1) is 0 Å². The van der Waals surface area contributed by atoms with E-state index in [-0.39, 0.29) is 30.0 Å². The van der Waals surface area contributed by atoms with Gasteiger partial charge in [-0.25, -0.2) is 19.6 Å². The van der Waals surface area contributed by atoms with E-state index >= 15 is 0 Å². The summed E-state index contributed by atoms with van der Waals surface area (Å²) in [4.78, 5) is 71.4. The van der Waals surface area contributed by atoms with Crippen molar-refractivity contribution >= 4 is 28.1 Å². The van der Waals surface area contributed by atoms with Gasteiger partial charge in [0.2, 0.25) is 0 Å². The Morgan fingerprint density at radius 2 is 1.15 bits per heavy atom. The Balaban J connectivity index is 1.27. The average Bonchev–Trinajstić information content (AvgIpc) is 3.48. The third-order valence-corrected chi connectivity index (χ3v) is 7.07. The topological polar surface area (TPSA) is 141 Å². The molecule has 0 radical (unpaired) electrons. The molecule has 0 unspecified atom stereocenters. The molecule has 4 heterocycles. The molecular weight excluding hydrogens is 504 g/mol. The number of nitrogens with zero attached hydrogens (tertiary/aromatic N) is 8. The normalized spacial score (nSPS) is 12.2. The number of hydrogen-bond acceptors (Lipinski definition) is 7. The van der Waals surface area contributed by atoms with Crippen LogP contribution in [0.4, 0.5) is 0 Å². The van der Waals surface area contributed by atoms with Crippen molar-refractivity contribution in [1.29, 1.82) is 0 Å². The Bertz CT molecular complexity index is 1830. The van der Waals surface area contributed by atoms with Crippen LogP contribution in [0.5, 0.6) is 0 Å². The van der Waals surface area contributed by atoms with Crippen LogP contribution in [-0.4, -0.2) is 43.2 Å². The van der Waals surface area contributed by atoms with Crippen molar-refractivity contribution in [3.05, 3.63) is 66.0 Å². The van der Waals surface area contributed by atoms with E-state index in [1.807, 2.05) is 6.92 Å². The van der Waals surface area contributed by atoms with Gasteiger partial charge in [0, 0.05) is 47.7 Å². The van der Waals surface area contributed by atoms with Gasteiger partial charge in [-0.05, 0) is 45.1 Å². The third kappa shape index (κ3) is 5.33. The summed E-state index contributed by atoms with van der Waals surface area (Å²) < 4.78 is 8.38. The van der Waals surface area contributed by atoms with Crippen LogP contribution in [0.25, 0.3) is 22.3 Å². The SMILES string of the molecule is C/C(=C/C(=O)CCCCn1c(=O)c2c(ncn2C)n(C)c1=O)CCCCn1c(=O)c2c(ncn2C)n(C)c1=O. The first-order valence-electron chi connectivity index (χ1n) is 12.9. The van der Waals surface area contributed by atoms with E-state index in [1.54, 1.807) is 43.4 Å². The zero-order chi connectivity index (χ0) is 28.4. The van der Waals surface area contributed by atoms with Crippen LogP contribution < -0.4 is 22.5 Å². The van der Waals surface area contributed by atoms with Crippen molar-refractivity contribution in [1.82, 2.24) is 37.4 Å². The number of carbonyl (C=O) groups excluding carboxylic acids is 1. The molecule has 4 rings (SSSR count). The van der Waals surface area contributed by atoms with E-state index in [1.165, 1.54) is 30.9 Å². The molecule has 208 valence electrons. The molecule has 4 aromatic rings. The van der Waals surface area contributed by atoms with Crippen LogP contribution in [0.2, 0.25) is 0 Å². The minimum atomic E-state index is -0.423. The molecule has 0 saturated heterocycles. The first kappa shape index (κ1) is 27.7. The minimum absolute atomic E-state index is 0.0124. The predicted molar refractivity (Wildman–Crippen MR) is 147 cm³/mol. The molecule has 0 atom stereocenters. The van der Waals surface area contributed by atoms with Crippen molar-refractivity contribution in [2.45, 2.75) is 58.5 Å². The highest BCUT2D eigenvalue weighted by atomic mass is 16.2. The van der Waals surface area contributed by atoms with Gasteiger partial charge in [0.1, 0.15) is 0 Å². The summed E-state index contributed by atoms with van der Waals surface area (Å²) in [6, 6.07) is 0. The molecule has 13 heteroatoms. The lowest BCUT2D eigenvalue weighted by Crippen LogP contribution is -2.39. The zero-order valence-electron chi connectivity index (χ0n) is 23.0. The zero-order valence-corrected chi connectivity index (χ0v) is 23.0. The fraction of sp³-hybridized carbons (Fsp3) is 0.500. The number of hydrogen-bond donors (Lipinski definition) is 0. The first-order chi connectivity index (χ1) is 18.5. The quantitative estimate of drug-likeness (QED) is 0.203. The lowest BCUT2D eigenvalue weighted by molar-refractivity contribution is -0.114. The molecule has 0 aliphatic rings. The maximum atomic E-state index is 12.8. The molecule has 0 aliphatic heterocycles. The van der Waals surface area contributed by atoms with Gasteiger partial charge in [0.25, 0.3) is 11.1 Å². The summed E-state index contributed by atoms with van der Waals surface area (Å²) in [6.07, 6.45) is 8.03. The van der Waals surface area contributed by atoms with Gasteiger partial charge in [-0.3, -0.25) is 32.7 Å². The van der Waals surface area contributed by atoms with Crippen molar-refractivity contribution in [2.75, 3.05) is 0 Å². The summed E-state index contributed by atoms with van der Waals surface area (Å²) in [5, 5.41) is 0. The number of imidazole rings is 2. The molecule has 4 aromatic heterocycles. The second kappa shape index (κ2) is 11.2. The van der Waals surface area contributed by atoms with Crippen molar-refractivity contribution in [3.63, 3.8) is 0 Å². The van der Waals surface area contributed by atoms with E-state index in [2.05, 4.69) is 9.97 Å². The molecule has 13 nitrogen and oxygen atoms in total. The van der Waals surface area contributed by atoms with E-state index in [9.17, 15) is 24.0 Å². The van der Waals surface area contributed by atoms with Gasteiger partial charge >= 0.3 is 11.4 Å².